The number of ether oxygens (including phenoxy) is 3. The molecule has 3 fully saturated rings. The number of nitrogen functional groups attached to an aromatic ring is 2. The number of imidazole rings is 2. The lowest BCUT2D eigenvalue weighted by atomic mass is 9.85. The first-order valence-electron chi connectivity index (χ1n) is 13.5. The Hall–Kier alpha value is -3.09. The third-order valence-electron chi connectivity index (χ3n) is 8.02. The highest BCUT2D eigenvalue weighted by Crippen LogP contribution is 2.52. The van der Waals surface area contributed by atoms with Crippen LogP contribution >= 0.6 is 6.72 Å². The molecule has 3 aliphatic rings. The number of nitrogens with one attached hydrogen (secondary N) is 1. The molecule has 19 heteroatoms. The lowest BCUT2D eigenvalue weighted by molar-refractivity contribution is -0.155. The summed E-state index contributed by atoms with van der Waals surface area (Å²) in [5.41, 5.74) is 12.6. The van der Waals surface area contributed by atoms with Gasteiger partial charge >= 0.3 is 6.72 Å². The SMILES string of the molecule is CC[C@@H]1[C@@H]2CCOC3C[C@@H](OP(O)(=S)OC[C@H]2O[C@H]1n1cnc2c(N)ncnc21)[C@H](n1cnc2c(=O)[nH]c(N)nc21)O3. The molecule has 0 radical (unpaired) electrons. The number of anilines is 2. The zero-order chi connectivity index (χ0) is 29.2. The first-order chi connectivity index (χ1) is 20.2. The second-order valence-corrected chi connectivity index (χ2v) is 13.2. The fourth-order valence-corrected chi connectivity index (χ4v) is 7.59. The van der Waals surface area contributed by atoms with Crippen LogP contribution in [-0.2, 0) is 35.1 Å². The van der Waals surface area contributed by atoms with Crippen molar-refractivity contribution in [1.82, 2.24) is 39.0 Å². The normalized spacial score (nSPS) is 33.9. The molecule has 3 aliphatic heterocycles. The first-order valence-corrected chi connectivity index (χ1v) is 16.0. The molecule has 224 valence electrons. The summed E-state index contributed by atoms with van der Waals surface area (Å²) in [6, 6.07) is 0. The Balaban J connectivity index is 1.16. The van der Waals surface area contributed by atoms with E-state index in [1.165, 1.54) is 17.2 Å². The predicted molar refractivity (Wildman–Crippen MR) is 150 cm³/mol. The molecule has 3 saturated heterocycles. The van der Waals surface area contributed by atoms with E-state index in [0.717, 1.165) is 6.42 Å². The zero-order valence-electron chi connectivity index (χ0n) is 22.3. The van der Waals surface area contributed by atoms with Gasteiger partial charge in [-0.15, -0.1) is 0 Å². The van der Waals surface area contributed by atoms with E-state index in [4.69, 9.17) is 46.5 Å². The fraction of sp³-hybridized carbons (Fsp3) is 0.565. The number of nitrogens with zero attached hydrogens (tertiary/aromatic N) is 7. The maximum atomic E-state index is 12.3. The van der Waals surface area contributed by atoms with E-state index in [9.17, 15) is 9.69 Å². The van der Waals surface area contributed by atoms with Crippen molar-refractivity contribution in [3.8, 4) is 0 Å². The molecule has 4 aromatic rings. The minimum absolute atomic E-state index is 0.00165. The number of hydrogen-bond donors (Lipinski definition) is 4. The Kier molecular flexibility index (Phi) is 6.98. The monoisotopic (exact) mass is 620 g/mol. The molecule has 6 N–H and O–H groups in total. The Bertz CT molecular complexity index is 1750. The standard InChI is InChI=1S/C23H29N10O7PS/c1-2-10-11-3-4-36-14-5-12(22(39-14)33-9-29-16-19(33)30-23(25)31-20(16)34)40-41(35,42)37-6-13(11)38-21(10)32-8-28-15-17(24)26-7-27-18(15)32/h7-14,21-22H,2-6H2,1H3,(H,35,42)(H2,24,26,27)(H3,25,30,31,34)/t10-,11+,12-,13-,14?,21-,22-,41?/m1/s1. The smallest absolute Gasteiger partial charge is 0.325 e. The molecule has 0 amide bonds. The Morgan fingerprint density at radius 2 is 1.88 bits per heavy atom. The third kappa shape index (κ3) is 4.77. The van der Waals surface area contributed by atoms with Gasteiger partial charge in [-0.3, -0.25) is 18.9 Å². The van der Waals surface area contributed by atoms with Crippen LogP contribution in [-0.4, -0.2) is 75.6 Å². The van der Waals surface area contributed by atoms with Crippen LogP contribution in [0.15, 0.2) is 23.8 Å². The topological polar surface area (TPSA) is 226 Å². The Morgan fingerprint density at radius 3 is 2.69 bits per heavy atom. The molecule has 2 unspecified atom stereocenters. The highest BCUT2D eigenvalue weighted by atomic mass is 32.5. The number of rotatable bonds is 3. The molecule has 0 spiro atoms. The first kappa shape index (κ1) is 27.7. The van der Waals surface area contributed by atoms with Crippen molar-refractivity contribution >= 4 is 52.6 Å². The Morgan fingerprint density at radius 1 is 1.10 bits per heavy atom. The minimum atomic E-state index is -3.79. The van der Waals surface area contributed by atoms with Gasteiger partial charge in [0.1, 0.15) is 24.2 Å². The van der Waals surface area contributed by atoms with Gasteiger partial charge in [-0.05, 0) is 30.6 Å². The van der Waals surface area contributed by atoms with Crippen molar-refractivity contribution < 1.29 is 28.2 Å². The van der Waals surface area contributed by atoms with Crippen LogP contribution in [0.2, 0.25) is 0 Å². The molecular weight excluding hydrogens is 591 g/mol. The number of aromatic amines is 1. The van der Waals surface area contributed by atoms with Crippen molar-refractivity contribution in [3.05, 3.63) is 29.3 Å². The summed E-state index contributed by atoms with van der Waals surface area (Å²) < 4.78 is 34.1. The van der Waals surface area contributed by atoms with Crippen molar-refractivity contribution in [2.75, 3.05) is 24.7 Å². The lowest BCUT2D eigenvalue weighted by Crippen LogP contribution is -2.28. The molecule has 0 aliphatic carbocycles. The van der Waals surface area contributed by atoms with Crippen LogP contribution in [0.25, 0.3) is 22.3 Å². The van der Waals surface area contributed by atoms with Gasteiger partial charge < -0.3 is 39.6 Å². The maximum Gasteiger partial charge on any atom is 0.325 e. The summed E-state index contributed by atoms with van der Waals surface area (Å²) in [4.78, 5) is 47.0. The van der Waals surface area contributed by atoms with Crippen molar-refractivity contribution in [1.29, 1.82) is 0 Å². The summed E-state index contributed by atoms with van der Waals surface area (Å²) in [7, 11) is 0. The van der Waals surface area contributed by atoms with Gasteiger partial charge in [0.05, 0.1) is 32.0 Å². The van der Waals surface area contributed by atoms with E-state index < -0.39 is 43.2 Å². The molecule has 17 nitrogen and oxygen atoms in total. The van der Waals surface area contributed by atoms with Gasteiger partial charge in [0.15, 0.2) is 35.1 Å². The lowest BCUT2D eigenvalue weighted by Gasteiger charge is -2.27. The van der Waals surface area contributed by atoms with Crippen molar-refractivity contribution in [3.63, 3.8) is 0 Å². The van der Waals surface area contributed by atoms with Gasteiger partial charge in [-0.25, -0.2) is 19.9 Å². The zero-order valence-corrected chi connectivity index (χ0v) is 24.1. The largest absolute Gasteiger partial charge is 0.382 e. The van der Waals surface area contributed by atoms with E-state index >= 15 is 0 Å². The molecule has 4 aromatic heterocycles. The van der Waals surface area contributed by atoms with Crippen LogP contribution in [0.5, 0.6) is 0 Å². The van der Waals surface area contributed by atoms with Gasteiger partial charge in [-0.2, -0.15) is 4.98 Å². The van der Waals surface area contributed by atoms with Gasteiger partial charge in [0, 0.05) is 12.3 Å². The van der Waals surface area contributed by atoms with Crippen LogP contribution in [0.1, 0.15) is 38.6 Å². The van der Waals surface area contributed by atoms with Gasteiger partial charge in [0.25, 0.3) is 5.56 Å². The van der Waals surface area contributed by atoms with E-state index in [2.05, 4.69) is 36.8 Å². The fourth-order valence-electron chi connectivity index (χ4n) is 6.15. The highest BCUT2D eigenvalue weighted by Gasteiger charge is 2.47. The summed E-state index contributed by atoms with van der Waals surface area (Å²) in [6.45, 7) is -1.35. The molecule has 0 saturated carbocycles. The van der Waals surface area contributed by atoms with Crippen LogP contribution in [0.3, 0.4) is 0 Å². The maximum absolute atomic E-state index is 12.3. The number of H-pyrrole nitrogens is 1. The van der Waals surface area contributed by atoms with Gasteiger partial charge in [0.2, 0.25) is 5.95 Å². The molecule has 7 rings (SSSR count). The Labute approximate surface area is 242 Å². The summed E-state index contributed by atoms with van der Waals surface area (Å²) in [5.74, 6) is 0.229. The third-order valence-corrected chi connectivity index (χ3v) is 9.61. The van der Waals surface area contributed by atoms with Gasteiger partial charge in [-0.1, -0.05) is 6.92 Å². The highest BCUT2D eigenvalue weighted by molar-refractivity contribution is 8.07. The van der Waals surface area contributed by atoms with E-state index in [-0.39, 0.29) is 47.8 Å². The van der Waals surface area contributed by atoms with Crippen LogP contribution < -0.4 is 17.0 Å². The number of hydrogen-bond acceptors (Lipinski definition) is 14. The number of aromatic nitrogens is 8. The van der Waals surface area contributed by atoms with E-state index in [1.54, 1.807) is 6.33 Å². The summed E-state index contributed by atoms with van der Waals surface area (Å²) >= 11 is 5.42. The molecule has 0 aromatic carbocycles. The quantitative estimate of drug-likeness (QED) is 0.234. The second kappa shape index (κ2) is 10.6. The number of fused-ring (bicyclic) bond motifs is 5. The molecule has 2 bridgehead atoms. The average molecular weight is 621 g/mol. The summed E-state index contributed by atoms with van der Waals surface area (Å²) in [5, 5.41) is 0. The van der Waals surface area contributed by atoms with Crippen molar-refractivity contribution in [2.45, 2.75) is 57.1 Å². The number of nitrogens with two attached hydrogens (primary N) is 2. The van der Waals surface area contributed by atoms with Crippen molar-refractivity contribution in [2.24, 2.45) is 11.8 Å². The van der Waals surface area contributed by atoms with E-state index in [0.29, 0.717) is 24.2 Å². The molecular formula is C23H29N10O7PS. The second-order valence-electron chi connectivity index (χ2n) is 10.4. The molecule has 42 heavy (non-hydrogen) atoms. The molecule has 8 atom stereocenters. The predicted octanol–water partition coefficient (Wildman–Crippen LogP) is 0.948. The average Bonchev–Trinajstić information content (AvgIpc) is 3.71. The summed E-state index contributed by atoms with van der Waals surface area (Å²) in [6.07, 6.45) is 2.91. The molecule has 7 heterocycles. The van der Waals surface area contributed by atoms with Crippen LogP contribution in [0, 0.1) is 11.8 Å². The van der Waals surface area contributed by atoms with E-state index in [1.807, 2.05) is 4.57 Å². The minimum Gasteiger partial charge on any atom is -0.382 e. The van der Waals surface area contributed by atoms with Crippen LogP contribution in [0.4, 0.5) is 11.8 Å².